The highest BCUT2D eigenvalue weighted by atomic mass is 16.5. The van der Waals surface area contributed by atoms with Crippen molar-refractivity contribution < 1.29 is 14.9 Å². The van der Waals surface area contributed by atoms with Crippen molar-refractivity contribution >= 4 is 0 Å². The normalized spacial score (nSPS) is 15.0. The van der Waals surface area contributed by atoms with Gasteiger partial charge in [-0.15, -0.1) is 0 Å². The largest absolute Gasteiger partial charge is 0.491 e. The molecule has 0 saturated heterocycles. The molecular weight excluding hydrogens is 276 g/mol. The molecule has 3 nitrogen and oxygen atoms in total. The van der Waals surface area contributed by atoms with E-state index in [9.17, 15) is 10.2 Å². The summed E-state index contributed by atoms with van der Waals surface area (Å²) < 4.78 is 5.50. The van der Waals surface area contributed by atoms with Crippen LogP contribution >= 0.6 is 0 Å². The summed E-state index contributed by atoms with van der Waals surface area (Å²) in [7, 11) is 0. The molecular formula is C19H30O3. The Morgan fingerprint density at radius 1 is 1.23 bits per heavy atom. The van der Waals surface area contributed by atoms with E-state index in [1.54, 1.807) is 6.08 Å². The SMILES string of the molecule is C[C@@H](C/C=C/C(O)COc1ccccc1)CCCC(C)(C)O. The lowest BCUT2D eigenvalue weighted by molar-refractivity contribution is 0.0670. The smallest absolute Gasteiger partial charge is 0.119 e. The lowest BCUT2D eigenvalue weighted by Gasteiger charge is -2.18. The highest BCUT2D eigenvalue weighted by Gasteiger charge is 2.12. The average molecular weight is 306 g/mol. The highest BCUT2D eigenvalue weighted by Crippen LogP contribution is 2.18. The third kappa shape index (κ3) is 9.59. The van der Waals surface area contributed by atoms with Crippen molar-refractivity contribution in [3.8, 4) is 5.75 Å². The average Bonchev–Trinajstić information content (AvgIpc) is 2.45. The Bertz CT molecular complexity index is 420. The Morgan fingerprint density at radius 2 is 1.91 bits per heavy atom. The zero-order chi connectivity index (χ0) is 16.4. The molecule has 0 radical (unpaired) electrons. The first-order valence-corrected chi connectivity index (χ1v) is 8.12. The number of hydrogen-bond donors (Lipinski definition) is 2. The molecule has 0 aromatic heterocycles. The molecule has 0 amide bonds. The van der Waals surface area contributed by atoms with Crippen molar-refractivity contribution in [1.82, 2.24) is 0 Å². The van der Waals surface area contributed by atoms with E-state index in [0.29, 0.717) is 5.92 Å². The zero-order valence-corrected chi connectivity index (χ0v) is 14.0. The maximum atomic E-state index is 9.86. The van der Waals surface area contributed by atoms with Crippen LogP contribution in [0.3, 0.4) is 0 Å². The van der Waals surface area contributed by atoms with Gasteiger partial charge in [0.1, 0.15) is 18.5 Å². The van der Waals surface area contributed by atoms with Crippen molar-refractivity contribution in [2.24, 2.45) is 5.92 Å². The van der Waals surface area contributed by atoms with Gasteiger partial charge in [0.05, 0.1) is 5.60 Å². The quantitative estimate of drug-likeness (QED) is 0.644. The molecule has 0 aliphatic rings. The van der Waals surface area contributed by atoms with Gasteiger partial charge in [-0.2, -0.15) is 0 Å². The summed E-state index contributed by atoms with van der Waals surface area (Å²) in [6, 6.07) is 9.50. The number of allylic oxidation sites excluding steroid dienone is 1. The molecule has 0 aliphatic heterocycles. The fraction of sp³-hybridized carbons (Fsp3) is 0.579. The summed E-state index contributed by atoms with van der Waals surface area (Å²) in [4.78, 5) is 0. The van der Waals surface area contributed by atoms with Crippen molar-refractivity contribution in [1.29, 1.82) is 0 Å². The van der Waals surface area contributed by atoms with Crippen LogP contribution in [0.15, 0.2) is 42.5 Å². The van der Waals surface area contributed by atoms with Crippen LogP contribution in [0.4, 0.5) is 0 Å². The molecule has 1 rings (SSSR count). The van der Waals surface area contributed by atoms with Crippen LogP contribution in [-0.4, -0.2) is 28.5 Å². The van der Waals surface area contributed by atoms with Crippen molar-refractivity contribution in [3.63, 3.8) is 0 Å². The Labute approximate surface area is 134 Å². The van der Waals surface area contributed by atoms with Crippen molar-refractivity contribution in [2.75, 3.05) is 6.61 Å². The maximum Gasteiger partial charge on any atom is 0.119 e. The van der Waals surface area contributed by atoms with E-state index < -0.39 is 11.7 Å². The Morgan fingerprint density at radius 3 is 2.55 bits per heavy atom. The molecule has 124 valence electrons. The van der Waals surface area contributed by atoms with Gasteiger partial charge >= 0.3 is 0 Å². The van der Waals surface area contributed by atoms with Crippen molar-refractivity contribution in [3.05, 3.63) is 42.5 Å². The number of para-hydroxylation sites is 1. The summed E-state index contributed by atoms with van der Waals surface area (Å²) in [5.74, 6) is 1.33. The fourth-order valence-corrected chi connectivity index (χ4v) is 2.22. The molecule has 0 heterocycles. The fourth-order valence-electron chi connectivity index (χ4n) is 2.22. The van der Waals surface area contributed by atoms with Gasteiger partial charge in [0.2, 0.25) is 0 Å². The predicted octanol–water partition coefficient (Wildman–Crippen LogP) is 3.95. The van der Waals surface area contributed by atoms with E-state index in [4.69, 9.17) is 4.74 Å². The van der Waals surface area contributed by atoms with Gasteiger partial charge in [-0.05, 0) is 44.7 Å². The molecule has 3 heteroatoms. The third-order valence-electron chi connectivity index (χ3n) is 3.55. The van der Waals surface area contributed by atoms with Crippen LogP contribution in [0.2, 0.25) is 0 Å². The zero-order valence-electron chi connectivity index (χ0n) is 14.0. The summed E-state index contributed by atoms with van der Waals surface area (Å²) in [6.45, 7) is 6.16. The van der Waals surface area contributed by atoms with E-state index in [0.717, 1.165) is 31.4 Å². The van der Waals surface area contributed by atoms with Crippen LogP contribution in [0.5, 0.6) is 5.75 Å². The standard InChI is InChI=1S/C19H30O3/c1-16(10-8-14-19(2,3)21)9-7-11-17(20)15-22-18-12-5-4-6-13-18/h4-7,11-13,16-17,20-21H,8-10,14-15H2,1-3H3/b11-7+/t16-,17?/m0/s1. The predicted molar refractivity (Wildman–Crippen MR) is 91.0 cm³/mol. The highest BCUT2D eigenvalue weighted by molar-refractivity contribution is 5.21. The molecule has 2 atom stereocenters. The van der Waals surface area contributed by atoms with Crippen LogP contribution < -0.4 is 4.74 Å². The molecule has 0 bridgehead atoms. The second kappa shape index (κ2) is 9.65. The molecule has 2 N–H and O–H groups in total. The number of rotatable bonds is 10. The number of hydrogen-bond acceptors (Lipinski definition) is 3. The van der Waals surface area contributed by atoms with Crippen molar-refractivity contribution in [2.45, 2.75) is 58.2 Å². The van der Waals surface area contributed by atoms with Gasteiger partial charge in [0.15, 0.2) is 0 Å². The van der Waals surface area contributed by atoms with Gasteiger partial charge in [0.25, 0.3) is 0 Å². The molecule has 0 aliphatic carbocycles. The summed E-state index contributed by atoms with van der Waals surface area (Å²) in [5, 5.41) is 19.5. The van der Waals surface area contributed by atoms with Gasteiger partial charge < -0.3 is 14.9 Å². The van der Waals surface area contributed by atoms with Crippen LogP contribution in [0.1, 0.15) is 46.5 Å². The Kier molecular flexibility index (Phi) is 8.21. The number of aliphatic hydroxyl groups is 2. The van der Waals surface area contributed by atoms with Crippen LogP contribution in [0.25, 0.3) is 0 Å². The second-order valence-electron chi connectivity index (χ2n) is 6.67. The van der Waals surface area contributed by atoms with Gasteiger partial charge in [-0.3, -0.25) is 0 Å². The summed E-state index contributed by atoms with van der Waals surface area (Å²) in [5.41, 5.74) is -0.569. The third-order valence-corrected chi connectivity index (χ3v) is 3.55. The van der Waals surface area contributed by atoms with E-state index >= 15 is 0 Å². The van der Waals surface area contributed by atoms with Gasteiger partial charge in [0, 0.05) is 0 Å². The lowest BCUT2D eigenvalue weighted by Crippen LogP contribution is -2.18. The van der Waals surface area contributed by atoms with E-state index in [2.05, 4.69) is 6.92 Å². The summed E-state index contributed by atoms with van der Waals surface area (Å²) in [6.07, 6.45) is 7.12. The first kappa shape index (κ1) is 18.7. The number of benzene rings is 1. The van der Waals surface area contributed by atoms with Crippen LogP contribution in [0, 0.1) is 5.92 Å². The molecule has 22 heavy (non-hydrogen) atoms. The van der Waals surface area contributed by atoms with Crippen LogP contribution in [-0.2, 0) is 0 Å². The molecule has 0 saturated carbocycles. The molecule has 1 unspecified atom stereocenters. The minimum atomic E-state index is -0.580. The van der Waals surface area contributed by atoms with Gasteiger partial charge in [-0.25, -0.2) is 0 Å². The first-order valence-electron chi connectivity index (χ1n) is 8.12. The Hall–Kier alpha value is -1.32. The molecule has 1 aromatic rings. The number of aliphatic hydroxyl groups excluding tert-OH is 1. The van der Waals surface area contributed by atoms with E-state index in [1.165, 1.54) is 0 Å². The second-order valence-corrected chi connectivity index (χ2v) is 6.67. The lowest BCUT2D eigenvalue weighted by atomic mass is 9.95. The Balaban J connectivity index is 2.15. The van der Waals surface area contributed by atoms with E-state index in [-0.39, 0.29) is 6.61 Å². The maximum absolute atomic E-state index is 9.86. The molecule has 0 spiro atoms. The molecule has 0 fully saturated rings. The van der Waals surface area contributed by atoms with Gasteiger partial charge in [-0.1, -0.05) is 50.1 Å². The summed E-state index contributed by atoms with van der Waals surface area (Å²) >= 11 is 0. The minimum absolute atomic E-state index is 0.271. The number of ether oxygens (including phenoxy) is 1. The topological polar surface area (TPSA) is 49.7 Å². The van der Waals surface area contributed by atoms with E-state index in [1.807, 2.05) is 50.3 Å². The molecule has 1 aromatic carbocycles. The monoisotopic (exact) mass is 306 g/mol. The first-order chi connectivity index (χ1) is 10.4. The minimum Gasteiger partial charge on any atom is -0.491 e.